The van der Waals surface area contributed by atoms with E-state index in [2.05, 4.69) is 10.2 Å². The fourth-order valence-corrected chi connectivity index (χ4v) is 2.30. The van der Waals surface area contributed by atoms with Gasteiger partial charge in [0.2, 0.25) is 5.89 Å². The predicted molar refractivity (Wildman–Crippen MR) is 85.7 cm³/mol. The maximum atomic E-state index is 10.6. The minimum atomic E-state index is -0.122. The van der Waals surface area contributed by atoms with Crippen molar-refractivity contribution in [3.63, 3.8) is 0 Å². The first-order valence-corrected chi connectivity index (χ1v) is 8.12. The molecule has 2 rings (SSSR count). The number of ether oxygens (including phenoxy) is 1. The van der Waals surface area contributed by atoms with Crippen molar-refractivity contribution in [1.82, 2.24) is 10.2 Å². The first-order valence-electron chi connectivity index (χ1n) is 7.14. The maximum absolute atomic E-state index is 10.6. The second-order valence-electron chi connectivity index (χ2n) is 5.86. The second-order valence-corrected chi connectivity index (χ2v) is 6.91. The van der Waals surface area contributed by atoms with Gasteiger partial charge in [-0.2, -0.15) is 0 Å². The second kappa shape index (κ2) is 7.45. The average Bonchev–Trinajstić information content (AvgIpc) is 2.96. The zero-order chi connectivity index (χ0) is 16.0. The third-order valence-corrected chi connectivity index (χ3v) is 3.75. The molecule has 118 valence electrons. The third kappa shape index (κ3) is 4.87. The minimum Gasteiger partial charge on any atom is -0.494 e. The van der Waals surface area contributed by atoms with Crippen LogP contribution in [0.2, 0.25) is 0 Å². The fraction of sp³-hybridized carbons (Fsp3) is 0.438. The van der Waals surface area contributed by atoms with Crippen molar-refractivity contribution < 1.29 is 13.9 Å². The van der Waals surface area contributed by atoms with Gasteiger partial charge in [-0.15, -0.1) is 10.2 Å². The predicted octanol–water partition coefficient (Wildman–Crippen LogP) is 3.74. The molecule has 2 aromatic rings. The van der Waals surface area contributed by atoms with Crippen LogP contribution in [0.1, 0.15) is 43.4 Å². The first-order chi connectivity index (χ1) is 10.5. The van der Waals surface area contributed by atoms with Gasteiger partial charge in [-0.25, -0.2) is 0 Å². The highest BCUT2D eigenvalue weighted by atomic mass is 32.2. The molecule has 5 nitrogen and oxygen atoms in total. The number of benzene rings is 1. The van der Waals surface area contributed by atoms with Gasteiger partial charge in [0.05, 0.1) is 6.61 Å². The molecule has 0 fully saturated rings. The van der Waals surface area contributed by atoms with Crippen molar-refractivity contribution in [1.29, 1.82) is 0 Å². The van der Waals surface area contributed by atoms with Gasteiger partial charge in [0.1, 0.15) is 12.0 Å². The summed E-state index contributed by atoms with van der Waals surface area (Å²) in [6.07, 6.45) is 1.68. The molecular formula is C16H20N2O3S. The summed E-state index contributed by atoms with van der Waals surface area (Å²) in [7, 11) is 0. The van der Waals surface area contributed by atoms with E-state index < -0.39 is 0 Å². The Labute approximate surface area is 134 Å². The van der Waals surface area contributed by atoms with Gasteiger partial charge in [0.15, 0.2) is 0 Å². The lowest BCUT2D eigenvalue weighted by atomic mass is 9.97. The lowest BCUT2D eigenvalue weighted by Gasteiger charge is -2.10. The summed E-state index contributed by atoms with van der Waals surface area (Å²) in [5.41, 5.74) is 0.525. The Kier molecular flexibility index (Phi) is 5.60. The molecule has 0 atom stereocenters. The average molecular weight is 320 g/mol. The Hall–Kier alpha value is -1.82. The molecule has 0 aliphatic heterocycles. The van der Waals surface area contributed by atoms with Crippen molar-refractivity contribution in [2.45, 2.75) is 37.8 Å². The molecule has 22 heavy (non-hydrogen) atoms. The van der Waals surface area contributed by atoms with Crippen molar-refractivity contribution in [2.24, 2.45) is 0 Å². The highest BCUT2D eigenvalue weighted by Gasteiger charge is 2.21. The molecular weight excluding hydrogens is 300 g/mol. The normalized spacial score (nSPS) is 11.4. The van der Waals surface area contributed by atoms with Crippen LogP contribution >= 0.6 is 11.8 Å². The summed E-state index contributed by atoms with van der Waals surface area (Å²) in [5, 5.41) is 8.68. The van der Waals surface area contributed by atoms with Crippen molar-refractivity contribution >= 4 is 18.0 Å². The van der Waals surface area contributed by atoms with Gasteiger partial charge in [-0.1, -0.05) is 32.5 Å². The molecule has 0 saturated heterocycles. The maximum Gasteiger partial charge on any atom is 0.276 e. The third-order valence-electron chi connectivity index (χ3n) is 2.85. The number of rotatable bonds is 7. The van der Waals surface area contributed by atoms with Crippen molar-refractivity contribution in [3.8, 4) is 5.75 Å². The molecule has 0 spiro atoms. The zero-order valence-electron chi connectivity index (χ0n) is 13.0. The highest BCUT2D eigenvalue weighted by molar-refractivity contribution is 7.99. The molecule has 0 saturated carbocycles. The molecule has 0 unspecified atom stereocenters. The summed E-state index contributed by atoms with van der Waals surface area (Å²) in [6, 6.07) is 7.07. The van der Waals surface area contributed by atoms with E-state index in [1.54, 1.807) is 24.3 Å². The van der Waals surface area contributed by atoms with Crippen LogP contribution in [0.5, 0.6) is 5.75 Å². The molecule has 0 bridgehead atoms. The van der Waals surface area contributed by atoms with E-state index in [-0.39, 0.29) is 5.41 Å². The standard InChI is InChI=1S/C16H20N2O3S/c1-16(2,3)14-17-18-15(21-14)22-10-4-9-20-13-7-5-12(11-19)6-8-13/h5-8,11H,4,9-10H2,1-3H3. The Morgan fingerprint density at radius 3 is 2.55 bits per heavy atom. The van der Waals surface area contributed by atoms with Crippen LogP contribution in [0.4, 0.5) is 0 Å². The number of hydrogen-bond acceptors (Lipinski definition) is 6. The van der Waals surface area contributed by atoms with Gasteiger partial charge >= 0.3 is 0 Å². The molecule has 1 aromatic heterocycles. The molecule has 0 N–H and O–H groups in total. The lowest BCUT2D eigenvalue weighted by molar-refractivity contribution is 0.112. The number of nitrogens with zero attached hydrogens (tertiary/aromatic N) is 2. The summed E-state index contributed by atoms with van der Waals surface area (Å²) in [6.45, 7) is 6.73. The van der Waals surface area contributed by atoms with Crippen LogP contribution < -0.4 is 4.74 Å². The van der Waals surface area contributed by atoms with Crippen LogP contribution in [0.25, 0.3) is 0 Å². The topological polar surface area (TPSA) is 65.2 Å². The molecule has 6 heteroatoms. The van der Waals surface area contributed by atoms with Crippen molar-refractivity contribution in [2.75, 3.05) is 12.4 Å². The number of carbonyl (C=O) groups is 1. The summed E-state index contributed by atoms with van der Waals surface area (Å²) in [4.78, 5) is 10.6. The van der Waals surface area contributed by atoms with Gasteiger partial charge < -0.3 is 9.15 Å². The number of aldehydes is 1. The number of aromatic nitrogens is 2. The Bertz CT molecular complexity index is 603. The van der Waals surface area contributed by atoms with Crippen LogP contribution in [-0.4, -0.2) is 28.8 Å². The van der Waals surface area contributed by atoms with Gasteiger partial charge in [0.25, 0.3) is 5.22 Å². The molecule has 1 aromatic carbocycles. The summed E-state index contributed by atoms with van der Waals surface area (Å²) >= 11 is 1.53. The van der Waals surface area contributed by atoms with Crippen LogP contribution in [0, 0.1) is 0 Å². The molecule has 1 heterocycles. The highest BCUT2D eigenvalue weighted by Crippen LogP contribution is 2.24. The number of carbonyl (C=O) groups excluding carboxylic acids is 1. The Morgan fingerprint density at radius 1 is 1.23 bits per heavy atom. The quantitative estimate of drug-likeness (QED) is 0.440. The summed E-state index contributed by atoms with van der Waals surface area (Å²) in [5.74, 6) is 2.27. The lowest BCUT2D eigenvalue weighted by Crippen LogP contribution is -2.11. The van der Waals surface area contributed by atoms with E-state index in [0.29, 0.717) is 23.3 Å². The Morgan fingerprint density at radius 2 is 1.95 bits per heavy atom. The molecule has 0 amide bonds. The van der Waals surface area contributed by atoms with Crippen molar-refractivity contribution in [3.05, 3.63) is 35.7 Å². The fourth-order valence-electron chi connectivity index (χ4n) is 1.62. The minimum absolute atomic E-state index is 0.122. The van der Waals surface area contributed by atoms with E-state index in [1.165, 1.54) is 11.8 Å². The van der Waals surface area contributed by atoms with Gasteiger partial charge in [-0.3, -0.25) is 4.79 Å². The summed E-state index contributed by atoms with van der Waals surface area (Å²) < 4.78 is 11.2. The Balaban J connectivity index is 1.68. The van der Waals surface area contributed by atoms with E-state index in [4.69, 9.17) is 9.15 Å². The van der Waals surface area contributed by atoms with E-state index >= 15 is 0 Å². The van der Waals surface area contributed by atoms with Gasteiger partial charge in [-0.05, 0) is 30.7 Å². The van der Waals surface area contributed by atoms with E-state index in [9.17, 15) is 4.79 Å². The van der Waals surface area contributed by atoms with Crippen LogP contribution in [-0.2, 0) is 5.41 Å². The SMILES string of the molecule is CC(C)(C)c1nnc(SCCCOc2ccc(C=O)cc2)o1. The van der Waals surface area contributed by atoms with Crippen LogP contribution in [0.3, 0.4) is 0 Å². The largest absolute Gasteiger partial charge is 0.494 e. The number of hydrogen-bond donors (Lipinski definition) is 0. The van der Waals surface area contributed by atoms with Gasteiger partial charge in [0, 0.05) is 16.7 Å². The molecule has 0 radical (unpaired) electrons. The zero-order valence-corrected chi connectivity index (χ0v) is 13.9. The molecule has 0 aliphatic rings. The smallest absolute Gasteiger partial charge is 0.276 e. The molecule has 0 aliphatic carbocycles. The first kappa shape index (κ1) is 16.5. The number of thioether (sulfide) groups is 1. The van der Waals surface area contributed by atoms with E-state index in [1.807, 2.05) is 20.8 Å². The van der Waals surface area contributed by atoms with Crippen LogP contribution in [0.15, 0.2) is 33.9 Å². The monoisotopic (exact) mass is 320 g/mol. The van der Waals surface area contributed by atoms with E-state index in [0.717, 1.165) is 24.2 Å².